The van der Waals surface area contributed by atoms with Crippen molar-refractivity contribution in [2.24, 2.45) is 5.41 Å². The molecule has 6 nitrogen and oxygen atoms in total. The fourth-order valence-corrected chi connectivity index (χ4v) is 2.19. The zero-order valence-electron chi connectivity index (χ0n) is 14.0. The summed E-state index contributed by atoms with van der Waals surface area (Å²) in [7, 11) is 0. The highest BCUT2D eigenvalue weighted by molar-refractivity contribution is 5.99. The molecule has 0 saturated carbocycles. The Labute approximate surface area is 136 Å². The second-order valence-corrected chi connectivity index (χ2v) is 5.47. The standard InChI is InChI=1S/C17H23O6/c1-5-21-15(18)17(4,16(19)22-6-2)11-14(23-20)13-9-7-12(3)8-10-13/h7-10,14H,5-6,11H2,1-4H3. The molecule has 1 aromatic rings. The molecule has 1 unspecified atom stereocenters. The van der Waals surface area contributed by atoms with Crippen molar-refractivity contribution < 1.29 is 29.2 Å². The number of rotatable bonds is 8. The minimum absolute atomic E-state index is 0.126. The highest BCUT2D eigenvalue weighted by Crippen LogP contribution is 2.35. The molecule has 0 fully saturated rings. The van der Waals surface area contributed by atoms with Crippen LogP contribution in [0.1, 0.15) is 44.4 Å². The smallest absolute Gasteiger partial charge is 0.323 e. The first-order valence-corrected chi connectivity index (χ1v) is 7.58. The maximum atomic E-state index is 12.2. The molecule has 0 aliphatic carbocycles. The second-order valence-electron chi connectivity index (χ2n) is 5.47. The van der Waals surface area contributed by atoms with E-state index < -0.39 is 23.5 Å². The van der Waals surface area contributed by atoms with Crippen molar-refractivity contribution in [3.05, 3.63) is 35.4 Å². The molecule has 0 aliphatic heterocycles. The molecule has 0 heterocycles. The first-order chi connectivity index (χ1) is 10.9. The summed E-state index contributed by atoms with van der Waals surface area (Å²) >= 11 is 0. The molecule has 0 saturated heterocycles. The summed E-state index contributed by atoms with van der Waals surface area (Å²) < 4.78 is 9.96. The molecule has 1 atom stereocenters. The lowest BCUT2D eigenvalue weighted by Gasteiger charge is -2.27. The number of benzene rings is 1. The van der Waals surface area contributed by atoms with Crippen LogP contribution in [0.4, 0.5) is 0 Å². The van der Waals surface area contributed by atoms with Crippen molar-refractivity contribution in [3.8, 4) is 0 Å². The van der Waals surface area contributed by atoms with Crippen LogP contribution in [0.5, 0.6) is 0 Å². The van der Waals surface area contributed by atoms with Gasteiger partial charge in [0.2, 0.25) is 0 Å². The summed E-state index contributed by atoms with van der Waals surface area (Å²) in [5.41, 5.74) is 0.00813. The number of aryl methyl sites for hydroxylation is 1. The van der Waals surface area contributed by atoms with Gasteiger partial charge in [0, 0.05) is 6.42 Å². The summed E-state index contributed by atoms with van der Waals surface area (Å²) in [5.74, 6) is -1.46. The van der Waals surface area contributed by atoms with Crippen LogP contribution in [0, 0.1) is 12.3 Å². The van der Waals surface area contributed by atoms with E-state index in [9.17, 15) is 14.8 Å². The number of esters is 2. The predicted octanol–water partition coefficient (Wildman–Crippen LogP) is 2.92. The van der Waals surface area contributed by atoms with Crippen LogP contribution >= 0.6 is 0 Å². The van der Waals surface area contributed by atoms with Gasteiger partial charge in [0.15, 0.2) is 5.41 Å². The van der Waals surface area contributed by atoms with Gasteiger partial charge in [-0.05, 0) is 38.5 Å². The topological polar surface area (TPSA) is 81.7 Å². The van der Waals surface area contributed by atoms with E-state index in [2.05, 4.69) is 4.89 Å². The molecule has 0 bridgehead atoms. The molecule has 1 radical (unpaired) electrons. The average molecular weight is 323 g/mol. The number of hydrogen-bond donors (Lipinski definition) is 0. The minimum Gasteiger partial charge on any atom is -0.465 e. The summed E-state index contributed by atoms with van der Waals surface area (Å²) in [6.45, 7) is 6.86. The Bertz CT molecular complexity index is 504. The summed E-state index contributed by atoms with van der Waals surface area (Å²) in [4.78, 5) is 28.7. The monoisotopic (exact) mass is 323 g/mol. The molecule has 23 heavy (non-hydrogen) atoms. The Morgan fingerprint density at radius 1 is 1.04 bits per heavy atom. The highest BCUT2D eigenvalue weighted by atomic mass is 17.1. The van der Waals surface area contributed by atoms with Crippen LogP contribution < -0.4 is 0 Å². The van der Waals surface area contributed by atoms with Gasteiger partial charge < -0.3 is 9.47 Å². The van der Waals surface area contributed by atoms with Crippen LogP contribution in [0.15, 0.2) is 24.3 Å². The van der Waals surface area contributed by atoms with E-state index in [1.165, 1.54) is 6.92 Å². The van der Waals surface area contributed by atoms with Crippen LogP contribution in [-0.4, -0.2) is 25.2 Å². The normalized spacial score (nSPS) is 12.6. The van der Waals surface area contributed by atoms with Crippen LogP contribution in [-0.2, 0) is 29.2 Å². The van der Waals surface area contributed by atoms with Crippen molar-refractivity contribution >= 4 is 11.9 Å². The SMILES string of the molecule is CCOC(=O)C(C)(CC(O[O])c1ccc(C)cc1)C(=O)OCC. The first-order valence-electron chi connectivity index (χ1n) is 7.58. The number of carbonyl (C=O) groups is 2. The number of carbonyl (C=O) groups excluding carboxylic acids is 2. The second kappa shape index (κ2) is 8.64. The average Bonchev–Trinajstić information content (AvgIpc) is 2.53. The molecular formula is C17H23O6. The molecular weight excluding hydrogens is 300 g/mol. The number of hydrogen-bond acceptors (Lipinski definition) is 5. The third-order valence-corrected chi connectivity index (χ3v) is 3.61. The lowest BCUT2D eigenvalue weighted by Crippen LogP contribution is -2.41. The molecule has 0 aromatic heterocycles. The molecule has 1 rings (SSSR count). The van der Waals surface area contributed by atoms with Gasteiger partial charge in [-0.25, -0.2) is 0 Å². The molecule has 0 spiro atoms. The van der Waals surface area contributed by atoms with Crippen molar-refractivity contribution in [2.75, 3.05) is 13.2 Å². The van der Waals surface area contributed by atoms with Gasteiger partial charge in [-0.3, -0.25) is 9.59 Å². The Kier molecular flexibility index (Phi) is 7.19. The molecule has 0 amide bonds. The highest BCUT2D eigenvalue weighted by Gasteiger charge is 2.46. The fourth-order valence-electron chi connectivity index (χ4n) is 2.19. The van der Waals surface area contributed by atoms with E-state index in [0.717, 1.165) is 5.56 Å². The van der Waals surface area contributed by atoms with E-state index in [1.807, 2.05) is 19.1 Å². The molecule has 6 heteroatoms. The Morgan fingerprint density at radius 3 is 1.91 bits per heavy atom. The first kappa shape index (κ1) is 19.1. The van der Waals surface area contributed by atoms with Crippen LogP contribution in [0.25, 0.3) is 0 Å². The van der Waals surface area contributed by atoms with E-state index in [-0.39, 0.29) is 19.6 Å². The number of ether oxygens (including phenoxy) is 2. The maximum Gasteiger partial charge on any atom is 0.323 e. The third kappa shape index (κ3) is 4.77. The van der Waals surface area contributed by atoms with Crippen LogP contribution in [0.3, 0.4) is 0 Å². The zero-order valence-corrected chi connectivity index (χ0v) is 14.0. The summed E-state index contributed by atoms with van der Waals surface area (Å²) in [5, 5.41) is 11.1. The molecule has 0 N–H and O–H groups in total. The van der Waals surface area contributed by atoms with Crippen molar-refractivity contribution in [2.45, 2.75) is 40.2 Å². The molecule has 0 aliphatic rings. The summed E-state index contributed by atoms with van der Waals surface area (Å²) in [6.07, 6.45) is -1.12. The van der Waals surface area contributed by atoms with E-state index in [4.69, 9.17) is 9.47 Å². The Morgan fingerprint density at radius 2 is 1.52 bits per heavy atom. The van der Waals surface area contributed by atoms with E-state index in [1.54, 1.807) is 26.0 Å². The predicted molar refractivity (Wildman–Crippen MR) is 81.7 cm³/mol. The van der Waals surface area contributed by atoms with Crippen molar-refractivity contribution in [1.82, 2.24) is 0 Å². The Balaban J connectivity index is 3.08. The molecule has 1 aromatic carbocycles. The fraction of sp³-hybridized carbons (Fsp3) is 0.529. The van der Waals surface area contributed by atoms with Crippen molar-refractivity contribution in [1.29, 1.82) is 0 Å². The van der Waals surface area contributed by atoms with Crippen molar-refractivity contribution in [3.63, 3.8) is 0 Å². The molecule has 127 valence electrons. The maximum absolute atomic E-state index is 12.2. The largest absolute Gasteiger partial charge is 0.465 e. The lowest BCUT2D eigenvalue weighted by molar-refractivity contribution is -0.342. The van der Waals surface area contributed by atoms with E-state index >= 15 is 0 Å². The van der Waals surface area contributed by atoms with Crippen LogP contribution in [0.2, 0.25) is 0 Å². The lowest BCUT2D eigenvalue weighted by atomic mass is 9.82. The minimum atomic E-state index is -1.61. The zero-order chi connectivity index (χ0) is 17.5. The van der Waals surface area contributed by atoms with E-state index in [0.29, 0.717) is 5.56 Å². The van der Waals surface area contributed by atoms with Gasteiger partial charge in [0.1, 0.15) is 6.10 Å². The van der Waals surface area contributed by atoms with Gasteiger partial charge in [-0.1, -0.05) is 29.8 Å². The van der Waals surface area contributed by atoms with Gasteiger partial charge in [0.25, 0.3) is 0 Å². The van der Waals surface area contributed by atoms with Gasteiger partial charge in [0.05, 0.1) is 13.2 Å². The van der Waals surface area contributed by atoms with Gasteiger partial charge >= 0.3 is 11.9 Å². The third-order valence-electron chi connectivity index (χ3n) is 3.61. The van der Waals surface area contributed by atoms with Gasteiger partial charge in [-0.15, -0.1) is 0 Å². The quantitative estimate of drug-likeness (QED) is 0.318. The Hall–Kier alpha value is -1.92. The summed E-state index contributed by atoms with van der Waals surface area (Å²) in [6, 6.07) is 7.12. The van der Waals surface area contributed by atoms with Gasteiger partial charge in [-0.2, -0.15) is 4.89 Å².